The Morgan fingerprint density at radius 1 is 1.47 bits per heavy atom. The zero-order valence-corrected chi connectivity index (χ0v) is 9.39. The zero-order chi connectivity index (χ0) is 12.1. The van der Waals surface area contributed by atoms with Gasteiger partial charge >= 0.3 is 5.97 Å². The third-order valence-electron chi connectivity index (χ3n) is 2.49. The van der Waals surface area contributed by atoms with Gasteiger partial charge in [-0.1, -0.05) is 0 Å². The number of hydrogen-bond donors (Lipinski definition) is 2. The van der Waals surface area contributed by atoms with Crippen molar-refractivity contribution in [2.45, 2.75) is 12.5 Å². The second-order valence-corrected chi connectivity index (χ2v) is 3.88. The molecule has 0 radical (unpaired) electrons. The maximum atomic E-state index is 11.4. The molecule has 0 aliphatic carbocycles. The van der Waals surface area contributed by atoms with Crippen molar-refractivity contribution in [3.63, 3.8) is 0 Å². The fraction of sp³-hybridized carbons (Fsp3) is 0.417. The van der Waals surface area contributed by atoms with Crippen LogP contribution in [-0.2, 0) is 14.3 Å². The topological polar surface area (TPSA) is 67.8 Å². The first-order valence-electron chi connectivity index (χ1n) is 5.54. The van der Waals surface area contributed by atoms with Crippen LogP contribution >= 0.6 is 0 Å². The van der Waals surface area contributed by atoms with Crippen molar-refractivity contribution in [2.24, 2.45) is 0 Å². The van der Waals surface area contributed by atoms with Gasteiger partial charge in [0.2, 0.25) is 0 Å². The van der Waals surface area contributed by atoms with Crippen molar-refractivity contribution >= 4 is 11.7 Å². The Balaban J connectivity index is 1.73. The molecule has 1 atom stereocenters. The van der Waals surface area contributed by atoms with Crippen LogP contribution in [0.4, 0.5) is 5.69 Å². The lowest BCUT2D eigenvalue weighted by molar-refractivity contribution is -0.146. The smallest absolute Gasteiger partial charge is 0.325 e. The second kappa shape index (κ2) is 5.54. The summed E-state index contributed by atoms with van der Waals surface area (Å²) in [6.45, 7) is 1.26. The number of benzene rings is 1. The summed E-state index contributed by atoms with van der Waals surface area (Å²) in [5.41, 5.74) is 0.766. The summed E-state index contributed by atoms with van der Waals surface area (Å²) in [5.74, 6) is -0.102. The van der Waals surface area contributed by atoms with E-state index in [0.717, 1.165) is 12.1 Å². The van der Waals surface area contributed by atoms with Crippen molar-refractivity contribution in [3.8, 4) is 5.75 Å². The van der Waals surface area contributed by atoms with Gasteiger partial charge < -0.3 is 19.9 Å². The van der Waals surface area contributed by atoms with Crippen LogP contribution in [0.2, 0.25) is 0 Å². The van der Waals surface area contributed by atoms with Crippen LogP contribution in [0.15, 0.2) is 24.3 Å². The molecule has 2 rings (SSSR count). The monoisotopic (exact) mass is 237 g/mol. The number of ether oxygens (including phenoxy) is 2. The Morgan fingerprint density at radius 2 is 2.24 bits per heavy atom. The molecule has 0 spiro atoms. The summed E-state index contributed by atoms with van der Waals surface area (Å²) >= 11 is 0. The summed E-state index contributed by atoms with van der Waals surface area (Å²) in [6.07, 6.45) is 0.662. The van der Waals surface area contributed by atoms with Crippen LogP contribution in [-0.4, -0.2) is 36.9 Å². The van der Waals surface area contributed by atoms with Crippen LogP contribution in [0.25, 0.3) is 0 Å². The molecule has 1 saturated heterocycles. The van der Waals surface area contributed by atoms with Crippen molar-refractivity contribution in [2.75, 3.05) is 25.1 Å². The lowest BCUT2D eigenvalue weighted by Crippen LogP contribution is -2.23. The standard InChI is InChI=1S/C12H15NO4/c14-10-3-1-9(2-4-10)13-7-12(15)17-11-5-6-16-8-11/h1-4,11,13-14H,5-8H2. The molecule has 0 amide bonds. The Labute approximate surface area is 99.3 Å². The fourth-order valence-corrected chi connectivity index (χ4v) is 1.59. The van der Waals surface area contributed by atoms with Crippen LogP contribution in [0.3, 0.4) is 0 Å². The van der Waals surface area contributed by atoms with E-state index in [4.69, 9.17) is 14.6 Å². The average molecular weight is 237 g/mol. The van der Waals surface area contributed by atoms with Gasteiger partial charge in [-0.15, -0.1) is 0 Å². The van der Waals surface area contributed by atoms with E-state index in [2.05, 4.69) is 5.32 Å². The molecular weight excluding hydrogens is 222 g/mol. The van der Waals surface area contributed by atoms with Gasteiger partial charge in [0, 0.05) is 12.1 Å². The molecular formula is C12H15NO4. The molecule has 1 aromatic carbocycles. The number of anilines is 1. The number of carbonyl (C=O) groups is 1. The number of aromatic hydroxyl groups is 1. The molecule has 5 heteroatoms. The first-order chi connectivity index (χ1) is 8.24. The molecule has 0 bridgehead atoms. The van der Waals surface area contributed by atoms with Gasteiger partial charge in [0.1, 0.15) is 18.4 Å². The summed E-state index contributed by atoms with van der Waals surface area (Å²) in [7, 11) is 0. The maximum Gasteiger partial charge on any atom is 0.325 e. The quantitative estimate of drug-likeness (QED) is 0.607. The van der Waals surface area contributed by atoms with Crippen molar-refractivity contribution < 1.29 is 19.4 Å². The number of esters is 1. The average Bonchev–Trinajstić information content (AvgIpc) is 2.81. The van der Waals surface area contributed by atoms with Crippen LogP contribution < -0.4 is 5.32 Å². The highest BCUT2D eigenvalue weighted by Crippen LogP contribution is 2.13. The van der Waals surface area contributed by atoms with Crippen molar-refractivity contribution in [1.29, 1.82) is 0 Å². The van der Waals surface area contributed by atoms with Crippen LogP contribution in [0, 0.1) is 0 Å². The molecule has 1 aliphatic heterocycles. The molecule has 0 saturated carbocycles. The third kappa shape index (κ3) is 3.64. The van der Waals surface area contributed by atoms with E-state index in [-0.39, 0.29) is 24.4 Å². The molecule has 0 aromatic heterocycles. The van der Waals surface area contributed by atoms with Gasteiger partial charge in [-0.3, -0.25) is 4.79 Å². The van der Waals surface area contributed by atoms with Gasteiger partial charge in [0.25, 0.3) is 0 Å². The molecule has 17 heavy (non-hydrogen) atoms. The van der Waals surface area contributed by atoms with E-state index in [1.165, 1.54) is 0 Å². The number of hydrogen-bond acceptors (Lipinski definition) is 5. The third-order valence-corrected chi connectivity index (χ3v) is 2.49. The highest BCUT2D eigenvalue weighted by Gasteiger charge is 2.19. The minimum atomic E-state index is -0.298. The van der Waals surface area contributed by atoms with Gasteiger partial charge in [-0.25, -0.2) is 0 Å². The Kier molecular flexibility index (Phi) is 3.82. The van der Waals surface area contributed by atoms with Crippen molar-refractivity contribution in [1.82, 2.24) is 0 Å². The van der Waals surface area contributed by atoms with Gasteiger partial charge in [-0.2, -0.15) is 0 Å². The second-order valence-electron chi connectivity index (χ2n) is 3.88. The predicted molar refractivity (Wildman–Crippen MR) is 61.9 cm³/mol. The predicted octanol–water partition coefficient (Wildman–Crippen LogP) is 1.14. The fourth-order valence-electron chi connectivity index (χ4n) is 1.59. The molecule has 1 fully saturated rings. The number of phenolic OH excluding ortho intramolecular Hbond substituents is 1. The van der Waals surface area contributed by atoms with E-state index in [9.17, 15) is 4.79 Å². The summed E-state index contributed by atoms with van der Waals surface area (Å²) in [6, 6.07) is 6.50. The van der Waals surface area contributed by atoms with E-state index in [1.54, 1.807) is 24.3 Å². The molecule has 1 unspecified atom stereocenters. The molecule has 1 heterocycles. The van der Waals surface area contributed by atoms with E-state index >= 15 is 0 Å². The molecule has 1 aromatic rings. The Bertz CT molecular complexity index is 371. The first kappa shape index (κ1) is 11.7. The largest absolute Gasteiger partial charge is 0.508 e. The number of phenols is 1. The maximum absolute atomic E-state index is 11.4. The summed E-state index contributed by atoms with van der Waals surface area (Å²) < 4.78 is 10.3. The molecule has 1 aliphatic rings. The number of nitrogens with one attached hydrogen (secondary N) is 1. The van der Waals surface area contributed by atoms with E-state index in [0.29, 0.717) is 13.2 Å². The number of rotatable bonds is 4. The Morgan fingerprint density at radius 3 is 2.88 bits per heavy atom. The van der Waals surface area contributed by atoms with Gasteiger partial charge in [-0.05, 0) is 24.3 Å². The first-order valence-corrected chi connectivity index (χ1v) is 5.54. The van der Waals surface area contributed by atoms with E-state index in [1.807, 2.05) is 0 Å². The summed E-state index contributed by atoms with van der Waals surface area (Å²) in [5, 5.41) is 12.0. The van der Waals surface area contributed by atoms with Gasteiger partial charge in [0.15, 0.2) is 0 Å². The molecule has 5 nitrogen and oxygen atoms in total. The minimum absolute atomic E-state index is 0.107. The normalized spacial score (nSPS) is 18.9. The highest BCUT2D eigenvalue weighted by molar-refractivity contribution is 5.75. The SMILES string of the molecule is O=C(CNc1ccc(O)cc1)OC1CCOC1. The summed E-state index contributed by atoms with van der Waals surface area (Å²) in [4.78, 5) is 11.4. The minimum Gasteiger partial charge on any atom is -0.508 e. The van der Waals surface area contributed by atoms with E-state index < -0.39 is 0 Å². The molecule has 2 N–H and O–H groups in total. The Hall–Kier alpha value is -1.75. The number of carbonyl (C=O) groups excluding carboxylic acids is 1. The van der Waals surface area contributed by atoms with Gasteiger partial charge in [0.05, 0.1) is 13.2 Å². The van der Waals surface area contributed by atoms with Crippen LogP contribution in [0.1, 0.15) is 6.42 Å². The highest BCUT2D eigenvalue weighted by atomic mass is 16.6. The lowest BCUT2D eigenvalue weighted by atomic mass is 10.3. The molecule has 92 valence electrons. The lowest BCUT2D eigenvalue weighted by Gasteiger charge is -2.11. The van der Waals surface area contributed by atoms with Crippen LogP contribution in [0.5, 0.6) is 5.75 Å². The van der Waals surface area contributed by atoms with Crippen molar-refractivity contribution in [3.05, 3.63) is 24.3 Å². The zero-order valence-electron chi connectivity index (χ0n) is 9.39.